The van der Waals surface area contributed by atoms with Crippen LogP contribution in [0.2, 0.25) is 0 Å². The first kappa shape index (κ1) is 14.2. The average molecular weight is 270 g/mol. The summed E-state index contributed by atoms with van der Waals surface area (Å²) in [6.45, 7) is 0.228. The van der Waals surface area contributed by atoms with Crippen LogP contribution in [0, 0.1) is 11.6 Å². The first-order valence-corrected chi connectivity index (χ1v) is 6.73. The van der Waals surface area contributed by atoms with Gasteiger partial charge in [0, 0.05) is 24.7 Å². The number of nitrogens with two attached hydrogens (primary N) is 1. The summed E-state index contributed by atoms with van der Waals surface area (Å²) in [6.07, 6.45) is 4.11. The van der Waals surface area contributed by atoms with E-state index in [0.717, 1.165) is 25.7 Å². The maximum Gasteiger partial charge on any atom is 0.182 e. The minimum Gasteiger partial charge on any atom is -0.395 e. The molecule has 0 spiro atoms. The molecule has 0 atom stereocenters. The van der Waals surface area contributed by atoms with Gasteiger partial charge in [-0.3, -0.25) is 0 Å². The Morgan fingerprint density at radius 3 is 2.47 bits per heavy atom. The number of aliphatic hydroxyl groups excluding tert-OH is 1. The van der Waals surface area contributed by atoms with E-state index in [1.165, 1.54) is 6.07 Å². The van der Waals surface area contributed by atoms with Gasteiger partial charge in [0.1, 0.15) is 0 Å². The first-order valence-electron chi connectivity index (χ1n) is 6.73. The molecule has 0 saturated heterocycles. The topological polar surface area (TPSA) is 49.5 Å². The molecule has 3 N–H and O–H groups in total. The van der Waals surface area contributed by atoms with Gasteiger partial charge in [-0.05, 0) is 18.9 Å². The number of nitrogens with zero attached hydrogens (tertiary/aromatic N) is 1. The third-order valence-corrected chi connectivity index (χ3v) is 3.78. The van der Waals surface area contributed by atoms with Crippen molar-refractivity contribution in [2.75, 3.05) is 18.1 Å². The van der Waals surface area contributed by atoms with Crippen LogP contribution in [-0.2, 0) is 6.54 Å². The van der Waals surface area contributed by atoms with Crippen LogP contribution in [0.1, 0.15) is 31.2 Å². The fraction of sp³-hybridized carbons (Fsp3) is 0.571. The van der Waals surface area contributed by atoms with Gasteiger partial charge < -0.3 is 15.7 Å². The second-order valence-electron chi connectivity index (χ2n) is 4.93. The minimum absolute atomic E-state index is 0.0214. The smallest absolute Gasteiger partial charge is 0.182 e. The summed E-state index contributed by atoms with van der Waals surface area (Å²) in [5, 5.41) is 9.14. The molecule has 1 aliphatic rings. The van der Waals surface area contributed by atoms with E-state index in [4.69, 9.17) is 10.8 Å². The van der Waals surface area contributed by atoms with Crippen LogP contribution in [0.15, 0.2) is 12.1 Å². The van der Waals surface area contributed by atoms with Crippen LogP contribution in [0.4, 0.5) is 14.5 Å². The van der Waals surface area contributed by atoms with Crippen LogP contribution in [0.5, 0.6) is 0 Å². The Morgan fingerprint density at radius 1 is 1.21 bits per heavy atom. The van der Waals surface area contributed by atoms with Crippen molar-refractivity contribution in [1.29, 1.82) is 0 Å². The molecule has 1 aromatic carbocycles. The van der Waals surface area contributed by atoms with Gasteiger partial charge >= 0.3 is 0 Å². The summed E-state index contributed by atoms with van der Waals surface area (Å²) in [6, 6.07) is 3.27. The Labute approximate surface area is 112 Å². The van der Waals surface area contributed by atoms with Gasteiger partial charge in [-0.1, -0.05) is 18.9 Å². The second kappa shape index (κ2) is 6.30. The number of rotatable bonds is 5. The molecule has 1 saturated carbocycles. The predicted molar refractivity (Wildman–Crippen MR) is 70.9 cm³/mol. The molecule has 5 heteroatoms. The zero-order chi connectivity index (χ0) is 13.8. The Bertz CT molecular complexity index is 434. The van der Waals surface area contributed by atoms with E-state index in [9.17, 15) is 8.78 Å². The van der Waals surface area contributed by atoms with Crippen molar-refractivity contribution in [3.63, 3.8) is 0 Å². The Hall–Kier alpha value is -1.20. The molecule has 106 valence electrons. The lowest BCUT2D eigenvalue weighted by molar-refractivity contribution is 0.296. The highest BCUT2D eigenvalue weighted by Gasteiger charge is 2.26. The zero-order valence-electron chi connectivity index (χ0n) is 10.9. The van der Waals surface area contributed by atoms with Crippen molar-refractivity contribution in [3.8, 4) is 0 Å². The number of hydrogen-bond donors (Lipinski definition) is 2. The van der Waals surface area contributed by atoms with Crippen molar-refractivity contribution in [2.45, 2.75) is 38.3 Å². The molecule has 0 aliphatic heterocycles. The largest absolute Gasteiger partial charge is 0.395 e. The van der Waals surface area contributed by atoms with Crippen molar-refractivity contribution in [3.05, 3.63) is 29.3 Å². The van der Waals surface area contributed by atoms with Gasteiger partial charge in [-0.15, -0.1) is 0 Å². The van der Waals surface area contributed by atoms with E-state index in [1.807, 2.05) is 0 Å². The van der Waals surface area contributed by atoms with E-state index >= 15 is 0 Å². The fourth-order valence-corrected chi connectivity index (χ4v) is 2.78. The molecule has 1 aliphatic carbocycles. The van der Waals surface area contributed by atoms with Gasteiger partial charge in [-0.25, -0.2) is 8.78 Å². The van der Waals surface area contributed by atoms with Gasteiger partial charge in [-0.2, -0.15) is 0 Å². The lowest BCUT2D eigenvalue weighted by Crippen LogP contribution is -2.36. The number of halogens is 2. The number of anilines is 1. The van der Waals surface area contributed by atoms with Crippen LogP contribution in [-0.4, -0.2) is 24.3 Å². The summed E-state index contributed by atoms with van der Waals surface area (Å²) in [5.41, 5.74) is 5.78. The molecule has 3 nitrogen and oxygen atoms in total. The van der Waals surface area contributed by atoms with Crippen molar-refractivity contribution < 1.29 is 13.9 Å². The summed E-state index contributed by atoms with van der Waals surface area (Å²) in [7, 11) is 0. The highest BCUT2D eigenvalue weighted by Crippen LogP contribution is 2.31. The third-order valence-electron chi connectivity index (χ3n) is 3.78. The van der Waals surface area contributed by atoms with E-state index in [1.54, 1.807) is 11.0 Å². The van der Waals surface area contributed by atoms with Crippen LogP contribution < -0.4 is 10.6 Å². The molecule has 0 radical (unpaired) electrons. The highest BCUT2D eigenvalue weighted by molar-refractivity contribution is 5.51. The quantitative estimate of drug-likeness (QED) is 0.862. The lowest BCUT2D eigenvalue weighted by atomic mass is 10.1. The van der Waals surface area contributed by atoms with E-state index in [2.05, 4.69) is 0 Å². The summed E-state index contributed by atoms with van der Waals surface area (Å²) in [4.78, 5) is 1.78. The summed E-state index contributed by atoms with van der Waals surface area (Å²) < 4.78 is 27.9. The van der Waals surface area contributed by atoms with Crippen molar-refractivity contribution >= 4 is 5.69 Å². The molecular formula is C14H20F2N2O. The van der Waals surface area contributed by atoms with Crippen LogP contribution in [0.25, 0.3) is 0 Å². The number of aliphatic hydroxyl groups is 1. The molecule has 0 heterocycles. The maximum atomic E-state index is 14.1. The molecule has 1 aromatic rings. The molecule has 0 aromatic heterocycles. The molecule has 0 bridgehead atoms. The zero-order valence-corrected chi connectivity index (χ0v) is 10.9. The minimum atomic E-state index is -0.874. The van der Waals surface area contributed by atoms with E-state index in [-0.39, 0.29) is 30.4 Å². The third kappa shape index (κ3) is 2.87. The first-order chi connectivity index (χ1) is 9.19. The lowest BCUT2D eigenvalue weighted by Gasteiger charge is -2.31. The highest BCUT2D eigenvalue weighted by atomic mass is 19.2. The van der Waals surface area contributed by atoms with Gasteiger partial charge in [0.05, 0.1) is 12.3 Å². The number of benzene rings is 1. The maximum absolute atomic E-state index is 14.1. The molecule has 0 amide bonds. The Balaban J connectivity index is 2.33. The summed E-state index contributed by atoms with van der Waals surface area (Å²) >= 11 is 0. The monoisotopic (exact) mass is 270 g/mol. The molecular weight excluding hydrogens is 250 g/mol. The molecule has 1 fully saturated rings. The van der Waals surface area contributed by atoms with Crippen molar-refractivity contribution in [1.82, 2.24) is 0 Å². The van der Waals surface area contributed by atoms with Gasteiger partial charge in [0.15, 0.2) is 11.6 Å². The predicted octanol–water partition coefficient (Wildman–Crippen LogP) is 2.16. The van der Waals surface area contributed by atoms with Gasteiger partial charge in [0.2, 0.25) is 0 Å². The SMILES string of the molecule is NCc1ccc(N(CCO)C2CCCC2)c(F)c1F. The fourth-order valence-electron chi connectivity index (χ4n) is 2.78. The van der Waals surface area contributed by atoms with Gasteiger partial charge in [0.25, 0.3) is 0 Å². The summed E-state index contributed by atoms with van der Waals surface area (Å²) in [5.74, 6) is -1.73. The molecule has 19 heavy (non-hydrogen) atoms. The second-order valence-corrected chi connectivity index (χ2v) is 4.93. The number of hydrogen-bond acceptors (Lipinski definition) is 3. The standard InChI is InChI=1S/C14H20F2N2O/c15-13-10(9-17)5-6-12(14(13)16)18(7-8-19)11-3-1-2-4-11/h5-6,11,19H,1-4,7-9,17H2. The normalized spacial score (nSPS) is 16.0. The van der Waals surface area contributed by atoms with Crippen molar-refractivity contribution in [2.24, 2.45) is 5.73 Å². The average Bonchev–Trinajstić information content (AvgIpc) is 2.93. The van der Waals surface area contributed by atoms with Crippen LogP contribution >= 0.6 is 0 Å². The Kier molecular flexibility index (Phi) is 4.71. The van der Waals surface area contributed by atoms with E-state index < -0.39 is 11.6 Å². The molecule has 2 rings (SSSR count). The van der Waals surface area contributed by atoms with E-state index in [0.29, 0.717) is 6.54 Å². The van der Waals surface area contributed by atoms with Crippen LogP contribution in [0.3, 0.4) is 0 Å². The Morgan fingerprint density at radius 2 is 1.89 bits per heavy atom. The molecule has 0 unspecified atom stereocenters.